The lowest BCUT2D eigenvalue weighted by Crippen LogP contribution is -2.45. The Hall–Kier alpha value is -1.40. The summed E-state index contributed by atoms with van der Waals surface area (Å²) < 4.78 is 5.50. The second kappa shape index (κ2) is 68.1. The largest absolute Gasteiger partial charge is 0.466 e. The van der Waals surface area contributed by atoms with Crippen LogP contribution in [0.5, 0.6) is 0 Å². The lowest BCUT2D eigenvalue weighted by atomic mass is 10.0. The van der Waals surface area contributed by atoms with Gasteiger partial charge in [0.2, 0.25) is 5.91 Å². The first-order chi connectivity index (χ1) is 38.5. The van der Waals surface area contributed by atoms with Gasteiger partial charge >= 0.3 is 5.97 Å². The summed E-state index contributed by atoms with van der Waals surface area (Å²) in [6, 6.07) is -0.553. The van der Waals surface area contributed by atoms with E-state index < -0.39 is 12.1 Å². The molecule has 0 heterocycles. The molecule has 1 amide bonds. The van der Waals surface area contributed by atoms with Crippen molar-refractivity contribution in [1.82, 2.24) is 5.32 Å². The maximum atomic E-state index is 12.6. The van der Waals surface area contributed by atoms with Gasteiger partial charge in [0.05, 0.1) is 25.4 Å². The molecule has 3 N–H and O–H groups in total. The van der Waals surface area contributed by atoms with Crippen molar-refractivity contribution in [2.75, 3.05) is 13.2 Å². The van der Waals surface area contributed by atoms with Crippen molar-refractivity contribution in [3.8, 4) is 0 Å². The number of ether oxygens (including phenoxy) is 1. The SMILES string of the molecule is CCCCCCCCCCCCCCCCCCCCCCCCCCCC(O)C(CO)NC(=O)CCCCCCC/C=C\CCCCCCCCCCCOC(=O)CCCCCCCCCCCCCCCCCCCC. The molecule has 0 aliphatic heterocycles. The molecule has 2 unspecified atom stereocenters. The first kappa shape index (κ1) is 76.6. The molecule has 0 aromatic carbocycles. The number of rotatable bonds is 68. The van der Waals surface area contributed by atoms with Crippen LogP contribution in [0.2, 0.25) is 0 Å². The second-order valence-electron chi connectivity index (χ2n) is 24.9. The summed E-state index contributed by atoms with van der Waals surface area (Å²) in [4.78, 5) is 24.7. The van der Waals surface area contributed by atoms with Crippen LogP contribution in [0.1, 0.15) is 412 Å². The fraction of sp³-hybridized carbons (Fsp3) is 0.944. The minimum absolute atomic E-state index is 0.00892. The van der Waals surface area contributed by atoms with E-state index in [1.807, 2.05) is 0 Å². The van der Waals surface area contributed by atoms with Crippen LogP contribution in [-0.2, 0) is 14.3 Å². The molecule has 0 aromatic rings. The molecule has 464 valence electrons. The van der Waals surface area contributed by atoms with Gasteiger partial charge in [-0.1, -0.05) is 360 Å². The van der Waals surface area contributed by atoms with Crippen molar-refractivity contribution in [3.63, 3.8) is 0 Å². The molecule has 78 heavy (non-hydrogen) atoms. The molecule has 2 atom stereocenters. The molecular weight excluding hydrogens is 959 g/mol. The highest BCUT2D eigenvalue weighted by molar-refractivity contribution is 5.76. The van der Waals surface area contributed by atoms with Gasteiger partial charge in [0, 0.05) is 12.8 Å². The van der Waals surface area contributed by atoms with Crippen LogP contribution in [0.25, 0.3) is 0 Å². The monoisotopic (exact) mass is 1100 g/mol. The molecule has 0 radical (unpaired) electrons. The summed E-state index contributed by atoms with van der Waals surface area (Å²) in [5, 5.41) is 23.4. The van der Waals surface area contributed by atoms with Gasteiger partial charge in [-0.05, 0) is 51.4 Å². The highest BCUT2D eigenvalue weighted by Gasteiger charge is 2.20. The first-order valence-electron chi connectivity index (χ1n) is 35.9. The Morgan fingerprint density at radius 2 is 0.603 bits per heavy atom. The Morgan fingerprint density at radius 3 is 0.910 bits per heavy atom. The maximum Gasteiger partial charge on any atom is 0.305 e. The molecule has 0 saturated heterocycles. The second-order valence-corrected chi connectivity index (χ2v) is 24.9. The average Bonchev–Trinajstić information content (AvgIpc) is 3.44. The number of hydrogen-bond acceptors (Lipinski definition) is 5. The molecular formula is C72H141NO5. The first-order valence-corrected chi connectivity index (χ1v) is 35.9. The normalized spacial score (nSPS) is 12.5. The molecule has 0 saturated carbocycles. The fourth-order valence-electron chi connectivity index (χ4n) is 11.6. The highest BCUT2D eigenvalue weighted by Crippen LogP contribution is 2.19. The van der Waals surface area contributed by atoms with Crippen LogP contribution in [0.4, 0.5) is 0 Å². The third-order valence-corrected chi connectivity index (χ3v) is 17.1. The lowest BCUT2D eigenvalue weighted by molar-refractivity contribution is -0.143. The Labute approximate surface area is 489 Å². The zero-order chi connectivity index (χ0) is 56.4. The van der Waals surface area contributed by atoms with Gasteiger partial charge in [-0.3, -0.25) is 9.59 Å². The van der Waals surface area contributed by atoms with Crippen LogP contribution in [0, 0.1) is 0 Å². The summed E-state index contributed by atoms with van der Waals surface area (Å²) in [5.74, 6) is -0.0349. The van der Waals surface area contributed by atoms with Crippen LogP contribution >= 0.6 is 0 Å². The Morgan fingerprint density at radius 1 is 0.346 bits per heavy atom. The molecule has 0 aliphatic carbocycles. The number of allylic oxidation sites excluding steroid dienone is 2. The van der Waals surface area contributed by atoms with Gasteiger partial charge in [0.25, 0.3) is 0 Å². The number of nitrogens with one attached hydrogen (secondary N) is 1. The summed E-state index contributed by atoms with van der Waals surface area (Å²) in [5.41, 5.74) is 0. The van der Waals surface area contributed by atoms with Crippen molar-refractivity contribution in [2.45, 2.75) is 424 Å². The molecule has 0 aliphatic rings. The molecule has 0 aromatic heterocycles. The van der Waals surface area contributed by atoms with E-state index in [9.17, 15) is 19.8 Å². The van der Waals surface area contributed by atoms with Gasteiger partial charge in [0.1, 0.15) is 0 Å². The van der Waals surface area contributed by atoms with E-state index in [2.05, 4.69) is 31.3 Å². The summed E-state index contributed by atoms with van der Waals surface area (Å²) >= 11 is 0. The van der Waals surface area contributed by atoms with Crippen LogP contribution in [-0.4, -0.2) is 47.4 Å². The zero-order valence-corrected chi connectivity index (χ0v) is 53.2. The molecule has 6 nitrogen and oxygen atoms in total. The number of esters is 1. The highest BCUT2D eigenvalue weighted by atomic mass is 16.5. The number of carbonyl (C=O) groups excluding carboxylic acids is 2. The van der Waals surface area contributed by atoms with Crippen LogP contribution < -0.4 is 5.32 Å². The third kappa shape index (κ3) is 63.8. The van der Waals surface area contributed by atoms with Gasteiger partial charge in [0.15, 0.2) is 0 Å². The predicted molar refractivity (Wildman–Crippen MR) is 343 cm³/mol. The van der Waals surface area contributed by atoms with Gasteiger partial charge in [-0.25, -0.2) is 0 Å². The Bertz CT molecular complexity index is 1180. The lowest BCUT2D eigenvalue weighted by Gasteiger charge is -2.22. The number of aliphatic hydroxyl groups excluding tert-OH is 2. The van der Waals surface area contributed by atoms with E-state index in [1.54, 1.807) is 0 Å². The average molecular weight is 1100 g/mol. The van der Waals surface area contributed by atoms with E-state index in [1.165, 1.54) is 327 Å². The molecule has 6 heteroatoms. The van der Waals surface area contributed by atoms with E-state index in [-0.39, 0.29) is 18.5 Å². The van der Waals surface area contributed by atoms with Crippen molar-refractivity contribution >= 4 is 11.9 Å². The number of amides is 1. The summed E-state index contributed by atoms with van der Waals surface area (Å²) in [7, 11) is 0. The quantitative estimate of drug-likeness (QED) is 0.0320. The topological polar surface area (TPSA) is 95.9 Å². The van der Waals surface area contributed by atoms with Crippen molar-refractivity contribution in [2.24, 2.45) is 0 Å². The number of hydrogen-bond donors (Lipinski definition) is 3. The van der Waals surface area contributed by atoms with Crippen LogP contribution in [0.15, 0.2) is 12.2 Å². The molecule has 0 spiro atoms. The van der Waals surface area contributed by atoms with Crippen molar-refractivity contribution in [3.05, 3.63) is 12.2 Å². The molecule has 0 fully saturated rings. The standard InChI is InChI=1S/C72H141NO5/c1-3-5-7-9-11-13-15-17-19-21-23-24-25-26-27-28-29-32-36-40-44-48-52-56-60-64-70(75)69(68-74)73-71(76)65-61-57-53-49-45-41-37-33-30-31-35-39-43-47-51-55-59-63-67-78-72(77)66-62-58-54-50-46-42-38-34-22-20-18-16-14-12-10-8-6-4-2/h33,37,69-70,74-75H,3-32,34-36,38-68H2,1-2H3,(H,73,76)/b37-33-. The van der Waals surface area contributed by atoms with Gasteiger partial charge in [-0.2, -0.15) is 0 Å². The third-order valence-electron chi connectivity index (χ3n) is 17.1. The summed E-state index contributed by atoms with van der Waals surface area (Å²) in [6.45, 7) is 4.99. The minimum Gasteiger partial charge on any atom is -0.466 e. The molecule has 0 bridgehead atoms. The maximum absolute atomic E-state index is 12.6. The predicted octanol–water partition coefficient (Wildman–Crippen LogP) is 23.1. The molecule has 0 rings (SSSR count). The van der Waals surface area contributed by atoms with Gasteiger partial charge in [-0.15, -0.1) is 0 Å². The number of aliphatic hydroxyl groups is 2. The number of unbranched alkanes of at least 4 members (excludes halogenated alkanes) is 55. The van der Waals surface area contributed by atoms with E-state index >= 15 is 0 Å². The zero-order valence-electron chi connectivity index (χ0n) is 53.2. The summed E-state index contributed by atoms with van der Waals surface area (Å²) in [6.07, 6.45) is 84.0. The smallest absolute Gasteiger partial charge is 0.305 e. The van der Waals surface area contributed by atoms with Gasteiger partial charge < -0.3 is 20.3 Å². The van der Waals surface area contributed by atoms with Crippen molar-refractivity contribution < 1.29 is 24.5 Å². The Balaban J connectivity index is 3.41. The van der Waals surface area contributed by atoms with Crippen LogP contribution in [0.3, 0.4) is 0 Å². The van der Waals surface area contributed by atoms with E-state index in [0.717, 1.165) is 51.4 Å². The Kier molecular flexibility index (Phi) is 66.9. The fourth-order valence-corrected chi connectivity index (χ4v) is 11.6. The van der Waals surface area contributed by atoms with E-state index in [4.69, 9.17) is 4.74 Å². The number of carbonyl (C=O) groups is 2. The van der Waals surface area contributed by atoms with Crippen molar-refractivity contribution in [1.29, 1.82) is 0 Å². The minimum atomic E-state index is -0.674. The van der Waals surface area contributed by atoms with E-state index in [0.29, 0.717) is 25.9 Å².